The van der Waals surface area contributed by atoms with E-state index >= 15 is 0 Å². The first-order valence-electron chi connectivity index (χ1n) is 4.93. The number of carbonyl (C=O) groups is 1. The van der Waals surface area contributed by atoms with Crippen LogP contribution in [-0.4, -0.2) is 11.9 Å². The third kappa shape index (κ3) is 2.00. The van der Waals surface area contributed by atoms with Gasteiger partial charge in [-0.05, 0) is 37.8 Å². The van der Waals surface area contributed by atoms with Crippen molar-refractivity contribution in [1.82, 2.24) is 0 Å². The molecular weight excluding hydrogens is 164 g/mol. The van der Waals surface area contributed by atoms with E-state index < -0.39 is 0 Å². The maximum absolute atomic E-state index is 11.4. The average Bonchev–Trinajstić information content (AvgIpc) is 2.61. The van der Waals surface area contributed by atoms with E-state index in [4.69, 9.17) is 4.74 Å². The zero-order valence-electron chi connectivity index (χ0n) is 7.66. The fraction of sp³-hybridized carbons (Fsp3) is 0.545. The smallest absolute Gasteiger partial charge is 0.197 e. The highest BCUT2D eigenvalue weighted by Gasteiger charge is 2.19. The molecule has 0 aromatic carbocycles. The van der Waals surface area contributed by atoms with Gasteiger partial charge in [0.2, 0.25) is 0 Å². The van der Waals surface area contributed by atoms with Gasteiger partial charge >= 0.3 is 0 Å². The van der Waals surface area contributed by atoms with Gasteiger partial charge in [-0.1, -0.05) is 6.08 Å². The van der Waals surface area contributed by atoms with Crippen LogP contribution in [0.1, 0.15) is 32.1 Å². The summed E-state index contributed by atoms with van der Waals surface area (Å²) < 4.78 is 5.59. The van der Waals surface area contributed by atoms with E-state index in [0.29, 0.717) is 12.2 Å². The van der Waals surface area contributed by atoms with Gasteiger partial charge in [0, 0.05) is 6.42 Å². The van der Waals surface area contributed by atoms with Crippen molar-refractivity contribution < 1.29 is 9.53 Å². The largest absolute Gasteiger partial charge is 0.483 e. The zero-order valence-corrected chi connectivity index (χ0v) is 7.66. The second kappa shape index (κ2) is 3.77. The second-order valence-electron chi connectivity index (χ2n) is 3.55. The Morgan fingerprint density at radius 3 is 3.00 bits per heavy atom. The standard InChI is InChI=1S/C11H14O2/c12-10-7-3-4-8-11(10)13-9-5-1-2-6-9/h1,5,8-9H,2-4,6-7H2. The molecule has 0 heterocycles. The molecule has 0 bridgehead atoms. The van der Waals surface area contributed by atoms with Crippen molar-refractivity contribution in [1.29, 1.82) is 0 Å². The molecule has 0 saturated heterocycles. The fourth-order valence-electron chi connectivity index (χ4n) is 1.71. The lowest BCUT2D eigenvalue weighted by molar-refractivity contribution is -0.120. The van der Waals surface area contributed by atoms with Gasteiger partial charge in [0.15, 0.2) is 11.5 Å². The summed E-state index contributed by atoms with van der Waals surface area (Å²) in [5, 5.41) is 0. The Labute approximate surface area is 78.3 Å². The van der Waals surface area contributed by atoms with Crippen molar-refractivity contribution in [2.24, 2.45) is 0 Å². The van der Waals surface area contributed by atoms with Gasteiger partial charge in [-0.15, -0.1) is 0 Å². The second-order valence-corrected chi connectivity index (χ2v) is 3.55. The molecule has 2 heteroatoms. The van der Waals surface area contributed by atoms with Crippen molar-refractivity contribution in [3.63, 3.8) is 0 Å². The maximum Gasteiger partial charge on any atom is 0.197 e. The van der Waals surface area contributed by atoms with Crippen LogP contribution in [0, 0.1) is 0 Å². The summed E-state index contributed by atoms with van der Waals surface area (Å²) in [5.74, 6) is 0.773. The molecule has 2 aliphatic carbocycles. The van der Waals surface area contributed by atoms with Crippen molar-refractivity contribution >= 4 is 5.78 Å². The highest BCUT2D eigenvalue weighted by Crippen LogP contribution is 2.21. The van der Waals surface area contributed by atoms with Gasteiger partial charge < -0.3 is 4.74 Å². The number of Topliss-reactive ketones (excluding diaryl/α,β-unsaturated/α-hetero) is 1. The summed E-state index contributed by atoms with van der Waals surface area (Å²) in [4.78, 5) is 11.4. The average molecular weight is 178 g/mol. The Kier molecular flexibility index (Phi) is 2.48. The van der Waals surface area contributed by atoms with E-state index in [1.165, 1.54) is 0 Å². The highest BCUT2D eigenvalue weighted by molar-refractivity contribution is 5.94. The minimum absolute atomic E-state index is 0.147. The molecule has 0 fully saturated rings. The number of hydrogen-bond donors (Lipinski definition) is 0. The Morgan fingerprint density at radius 1 is 1.38 bits per heavy atom. The Hall–Kier alpha value is -1.05. The predicted molar refractivity (Wildman–Crippen MR) is 50.2 cm³/mol. The normalized spacial score (nSPS) is 27.5. The summed E-state index contributed by atoms with van der Waals surface area (Å²) in [7, 11) is 0. The molecule has 0 spiro atoms. The van der Waals surface area contributed by atoms with Gasteiger partial charge in [-0.3, -0.25) is 4.79 Å². The molecule has 2 nitrogen and oxygen atoms in total. The molecule has 70 valence electrons. The highest BCUT2D eigenvalue weighted by atomic mass is 16.5. The molecule has 2 rings (SSSR count). The maximum atomic E-state index is 11.4. The van der Waals surface area contributed by atoms with Crippen LogP contribution >= 0.6 is 0 Å². The summed E-state index contributed by atoms with van der Waals surface area (Å²) in [5.41, 5.74) is 0. The lowest BCUT2D eigenvalue weighted by Crippen LogP contribution is -2.15. The SMILES string of the molecule is O=C1CCCC=C1OC1C=CCC1. The molecular formula is C11H14O2. The number of carbonyl (C=O) groups excluding carboxylic acids is 1. The molecule has 0 radical (unpaired) electrons. The van der Waals surface area contributed by atoms with Crippen molar-refractivity contribution in [2.75, 3.05) is 0 Å². The summed E-state index contributed by atoms with van der Waals surface area (Å²) in [6, 6.07) is 0. The molecule has 0 saturated carbocycles. The predicted octanol–water partition coefficient (Wildman–Crippen LogP) is 2.36. The van der Waals surface area contributed by atoms with Gasteiger partial charge in [-0.25, -0.2) is 0 Å². The van der Waals surface area contributed by atoms with Gasteiger partial charge in [0.05, 0.1) is 0 Å². The van der Waals surface area contributed by atoms with Crippen LogP contribution in [-0.2, 0) is 9.53 Å². The van der Waals surface area contributed by atoms with Gasteiger partial charge in [0.25, 0.3) is 0 Å². The van der Waals surface area contributed by atoms with Crippen molar-refractivity contribution in [2.45, 2.75) is 38.2 Å². The lowest BCUT2D eigenvalue weighted by atomic mass is 10.1. The van der Waals surface area contributed by atoms with E-state index in [1.54, 1.807) is 0 Å². The molecule has 0 amide bonds. The third-order valence-corrected chi connectivity index (χ3v) is 2.46. The number of ketones is 1. The minimum Gasteiger partial charge on any atom is -0.483 e. The van der Waals surface area contributed by atoms with Crippen LogP contribution in [0.4, 0.5) is 0 Å². The third-order valence-electron chi connectivity index (χ3n) is 2.46. The number of hydrogen-bond acceptors (Lipinski definition) is 2. The summed E-state index contributed by atoms with van der Waals surface area (Å²) in [6.45, 7) is 0. The van der Waals surface area contributed by atoms with Gasteiger partial charge in [0.1, 0.15) is 6.10 Å². The van der Waals surface area contributed by atoms with E-state index in [9.17, 15) is 4.79 Å². The number of ether oxygens (including phenoxy) is 1. The fourth-order valence-corrected chi connectivity index (χ4v) is 1.71. The van der Waals surface area contributed by atoms with Crippen LogP contribution in [0.25, 0.3) is 0 Å². The molecule has 13 heavy (non-hydrogen) atoms. The molecule has 1 atom stereocenters. The lowest BCUT2D eigenvalue weighted by Gasteiger charge is -2.16. The van der Waals surface area contributed by atoms with Crippen LogP contribution in [0.3, 0.4) is 0 Å². The topological polar surface area (TPSA) is 26.3 Å². The molecule has 1 unspecified atom stereocenters. The first-order chi connectivity index (χ1) is 6.36. The van der Waals surface area contributed by atoms with E-state index in [-0.39, 0.29) is 11.9 Å². The monoisotopic (exact) mass is 178 g/mol. The minimum atomic E-state index is 0.147. The van der Waals surface area contributed by atoms with E-state index in [1.807, 2.05) is 12.2 Å². The quantitative estimate of drug-likeness (QED) is 0.607. The van der Waals surface area contributed by atoms with Crippen molar-refractivity contribution in [3.05, 3.63) is 24.0 Å². The summed E-state index contributed by atoms with van der Waals surface area (Å²) in [6.07, 6.45) is 10.9. The van der Waals surface area contributed by atoms with E-state index in [0.717, 1.165) is 25.7 Å². The van der Waals surface area contributed by atoms with Crippen LogP contribution in [0.2, 0.25) is 0 Å². The molecule has 2 aliphatic rings. The van der Waals surface area contributed by atoms with E-state index in [2.05, 4.69) is 6.08 Å². The number of rotatable bonds is 2. The summed E-state index contributed by atoms with van der Waals surface area (Å²) >= 11 is 0. The molecule has 0 aromatic rings. The van der Waals surface area contributed by atoms with Gasteiger partial charge in [-0.2, -0.15) is 0 Å². The van der Waals surface area contributed by atoms with Crippen molar-refractivity contribution in [3.8, 4) is 0 Å². The first kappa shape index (κ1) is 8.54. The Morgan fingerprint density at radius 2 is 2.31 bits per heavy atom. The zero-order chi connectivity index (χ0) is 9.10. The Bertz CT molecular complexity index is 263. The molecule has 0 N–H and O–H groups in total. The van der Waals surface area contributed by atoms with Crippen LogP contribution in [0.15, 0.2) is 24.0 Å². The van der Waals surface area contributed by atoms with Crippen LogP contribution in [0.5, 0.6) is 0 Å². The first-order valence-corrected chi connectivity index (χ1v) is 4.93. The Balaban J connectivity index is 1.96. The van der Waals surface area contributed by atoms with Crippen LogP contribution < -0.4 is 0 Å². The number of allylic oxidation sites excluding steroid dienone is 3. The molecule has 0 aliphatic heterocycles. The molecule has 0 aromatic heterocycles.